The van der Waals surface area contributed by atoms with Crippen molar-refractivity contribution in [3.05, 3.63) is 47.5 Å². The largest absolute Gasteiger partial charge is 0.465 e. The fraction of sp³-hybridized carbons (Fsp3) is 0.655. The Balaban J connectivity index is 1.78. The molecular weight excluding hydrogens is 428 g/mol. The Labute approximate surface area is 206 Å². The smallest absolute Gasteiger partial charge is 0.334 e. The third kappa shape index (κ3) is 10.4. The first-order valence-electron chi connectivity index (χ1n) is 13.2. The number of allylic oxidation sites excluding steroid dienone is 1. The molecule has 1 fully saturated rings. The number of carbonyl (C=O) groups excluding carboxylic acids is 2. The SMILES string of the molecule is CCCCCCCCCCCCC/C=C1/C(=O)OCC1(COCc1ccccc1)COC(C)=O. The topological polar surface area (TPSA) is 61.8 Å². The molecule has 190 valence electrons. The van der Waals surface area contributed by atoms with Gasteiger partial charge >= 0.3 is 11.9 Å². The van der Waals surface area contributed by atoms with E-state index in [9.17, 15) is 9.59 Å². The van der Waals surface area contributed by atoms with Crippen LogP contribution in [-0.2, 0) is 30.4 Å². The summed E-state index contributed by atoms with van der Waals surface area (Å²) in [5.41, 5.74) is 0.908. The molecule has 1 unspecified atom stereocenters. The molecule has 0 spiro atoms. The van der Waals surface area contributed by atoms with E-state index in [1.807, 2.05) is 36.4 Å². The van der Waals surface area contributed by atoms with E-state index >= 15 is 0 Å². The van der Waals surface area contributed by atoms with Gasteiger partial charge in [-0.3, -0.25) is 4.79 Å². The minimum Gasteiger partial charge on any atom is -0.465 e. The number of hydrogen-bond donors (Lipinski definition) is 0. The van der Waals surface area contributed by atoms with Crippen LogP contribution in [0.4, 0.5) is 0 Å². The summed E-state index contributed by atoms with van der Waals surface area (Å²) in [5.74, 6) is -0.690. The number of esters is 2. The molecule has 1 aromatic rings. The lowest BCUT2D eigenvalue weighted by Crippen LogP contribution is -2.35. The predicted octanol–water partition coefficient (Wildman–Crippen LogP) is 6.94. The van der Waals surface area contributed by atoms with Crippen LogP contribution in [0.25, 0.3) is 0 Å². The molecule has 5 heteroatoms. The summed E-state index contributed by atoms with van der Waals surface area (Å²) in [6.45, 7) is 4.61. The van der Waals surface area contributed by atoms with Crippen molar-refractivity contribution in [3.63, 3.8) is 0 Å². The van der Waals surface area contributed by atoms with E-state index in [4.69, 9.17) is 14.2 Å². The first-order valence-corrected chi connectivity index (χ1v) is 13.2. The quantitative estimate of drug-likeness (QED) is 0.132. The third-order valence-electron chi connectivity index (χ3n) is 6.47. The van der Waals surface area contributed by atoms with Gasteiger partial charge in [-0.1, -0.05) is 108 Å². The van der Waals surface area contributed by atoms with E-state index in [2.05, 4.69) is 6.92 Å². The molecule has 0 aromatic heterocycles. The Hall–Kier alpha value is -2.14. The Morgan fingerprint density at radius 2 is 1.56 bits per heavy atom. The maximum absolute atomic E-state index is 12.5. The van der Waals surface area contributed by atoms with Gasteiger partial charge in [-0.15, -0.1) is 0 Å². The normalized spacial score (nSPS) is 18.9. The Kier molecular flexibility index (Phi) is 13.6. The molecule has 1 heterocycles. The van der Waals surface area contributed by atoms with Gasteiger partial charge in [-0.05, 0) is 18.4 Å². The number of hydrogen-bond acceptors (Lipinski definition) is 5. The molecule has 1 saturated heterocycles. The molecule has 2 rings (SSSR count). The summed E-state index contributed by atoms with van der Waals surface area (Å²) in [6, 6.07) is 9.89. The standard InChI is InChI=1S/C29H44O5/c1-3-4-5-6-7-8-9-10-11-12-13-17-20-27-28(31)34-24-29(27,23-33-25(2)30)22-32-21-26-18-15-14-16-19-26/h14-16,18-20H,3-13,17,21-24H2,1-2H3/b27-20-. The molecule has 0 amide bonds. The van der Waals surface area contributed by atoms with Crippen LogP contribution in [0, 0.1) is 5.41 Å². The van der Waals surface area contributed by atoms with Crippen LogP contribution in [0.1, 0.15) is 96.5 Å². The third-order valence-corrected chi connectivity index (χ3v) is 6.47. The minimum atomic E-state index is -0.741. The maximum atomic E-state index is 12.5. The van der Waals surface area contributed by atoms with Gasteiger partial charge in [0.1, 0.15) is 13.2 Å². The van der Waals surface area contributed by atoms with Crippen molar-refractivity contribution in [2.45, 2.75) is 97.5 Å². The van der Waals surface area contributed by atoms with Crippen LogP contribution in [0.5, 0.6) is 0 Å². The van der Waals surface area contributed by atoms with Crippen LogP contribution in [0.3, 0.4) is 0 Å². The number of ether oxygens (including phenoxy) is 3. The Morgan fingerprint density at radius 1 is 0.941 bits per heavy atom. The van der Waals surface area contributed by atoms with Gasteiger partial charge in [0.2, 0.25) is 0 Å². The van der Waals surface area contributed by atoms with Crippen LogP contribution in [-0.4, -0.2) is 31.8 Å². The average molecular weight is 473 g/mol. The van der Waals surface area contributed by atoms with Gasteiger partial charge in [0.25, 0.3) is 0 Å². The minimum absolute atomic E-state index is 0.0902. The Bertz CT molecular complexity index is 742. The highest BCUT2D eigenvalue weighted by Crippen LogP contribution is 2.37. The van der Waals surface area contributed by atoms with Crippen LogP contribution < -0.4 is 0 Å². The summed E-state index contributed by atoms with van der Waals surface area (Å²) in [7, 11) is 0. The maximum Gasteiger partial charge on any atom is 0.334 e. The van der Waals surface area contributed by atoms with Crippen molar-refractivity contribution in [1.29, 1.82) is 0 Å². The second-order valence-electron chi connectivity index (χ2n) is 9.56. The first kappa shape index (κ1) is 28.1. The van der Waals surface area contributed by atoms with Gasteiger partial charge < -0.3 is 14.2 Å². The molecule has 0 N–H and O–H groups in total. The molecule has 1 aliphatic rings. The molecule has 0 radical (unpaired) electrons. The summed E-state index contributed by atoms with van der Waals surface area (Å²) >= 11 is 0. The molecule has 34 heavy (non-hydrogen) atoms. The van der Waals surface area contributed by atoms with E-state index in [0.717, 1.165) is 24.8 Å². The fourth-order valence-corrected chi connectivity index (χ4v) is 4.39. The number of cyclic esters (lactones) is 1. The molecule has 0 saturated carbocycles. The molecule has 0 aliphatic carbocycles. The molecule has 0 bridgehead atoms. The van der Waals surface area contributed by atoms with E-state index in [-0.39, 0.29) is 31.8 Å². The summed E-state index contributed by atoms with van der Waals surface area (Å²) in [5, 5.41) is 0. The lowest BCUT2D eigenvalue weighted by atomic mass is 9.83. The number of benzene rings is 1. The van der Waals surface area contributed by atoms with E-state index in [0.29, 0.717) is 12.2 Å². The molecule has 1 atom stereocenters. The highest BCUT2D eigenvalue weighted by molar-refractivity contribution is 5.92. The van der Waals surface area contributed by atoms with Gasteiger partial charge in [0.15, 0.2) is 0 Å². The molecule has 1 aliphatic heterocycles. The average Bonchev–Trinajstić information content (AvgIpc) is 3.14. The van der Waals surface area contributed by atoms with Crippen molar-refractivity contribution in [2.24, 2.45) is 5.41 Å². The van der Waals surface area contributed by atoms with Crippen molar-refractivity contribution in [1.82, 2.24) is 0 Å². The lowest BCUT2D eigenvalue weighted by Gasteiger charge is -2.26. The zero-order valence-corrected chi connectivity index (χ0v) is 21.3. The monoisotopic (exact) mass is 472 g/mol. The summed E-state index contributed by atoms with van der Waals surface area (Å²) in [4.78, 5) is 24.0. The van der Waals surface area contributed by atoms with Gasteiger partial charge in [0, 0.05) is 12.5 Å². The van der Waals surface area contributed by atoms with Crippen molar-refractivity contribution >= 4 is 11.9 Å². The van der Waals surface area contributed by atoms with Gasteiger partial charge in [-0.25, -0.2) is 4.79 Å². The second-order valence-corrected chi connectivity index (χ2v) is 9.56. The van der Waals surface area contributed by atoms with Gasteiger partial charge in [-0.2, -0.15) is 0 Å². The zero-order chi connectivity index (χ0) is 24.5. The lowest BCUT2D eigenvalue weighted by molar-refractivity contribution is -0.145. The summed E-state index contributed by atoms with van der Waals surface area (Å²) < 4.78 is 16.7. The highest BCUT2D eigenvalue weighted by atomic mass is 16.6. The van der Waals surface area contributed by atoms with Crippen LogP contribution in [0.2, 0.25) is 0 Å². The van der Waals surface area contributed by atoms with E-state index in [1.54, 1.807) is 0 Å². The number of rotatable bonds is 18. The number of unbranched alkanes of at least 4 members (excludes halogenated alkanes) is 11. The van der Waals surface area contributed by atoms with Crippen LogP contribution in [0.15, 0.2) is 42.0 Å². The highest BCUT2D eigenvalue weighted by Gasteiger charge is 2.47. The first-order chi connectivity index (χ1) is 16.6. The summed E-state index contributed by atoms with van der Waals surface area (Å²) in [6.07, 6.45) is 17.0. The van der Waals surface area contributed by atoms with Gasteiger partial charge in [0.05, 0.1) is 18.6 Å². The van der Waals surface area contributed by atoms with Crippen molar-refractivity contribution in [3.8, 4) is 0 Å². The van der Waals surface area contributed by atoms with Crippen molar-refractivity contribution in [2.75, 3.05) is 19.8 Å². The van der Waals surface area contributed by atoms with E-state index < -0.39 is 5.41 Å². The van der Waals surface area contributed by atoms with Crippen LogP contribution >= 0.6 is 0 Å². The number of carbonyl (C=O) groups is 2. The van der Waals surface area contributed by atoms with Crippen molar-refractivity contribution < 1.29 is 23.8 Å². The van der Waals surface area contributed by atoms with E-state index in [1.165, 1.54) is 64.7 Å². The fourth-order valence-electron chi connectivity index (χ4n) is 4.39. The predicted molar refractivity (Wildman–Crippen MR) is 135 cm³/mol. The zero-order valence-electron chi connectivity index (χ0n) is 21.3. The molecular formula is C29H44O5. The second kappa shape index (κ2) is 16.5. The molecule has 1 aromatic carbocycles. The molecule has 5 nitrogen and oxygen atoms in total. The Morgan fingerprint density at radius 3 is 2.18 bits per heavy atom.